The van der Waals surface area contributed by atoms with Gasteiger partial charge in [0.2, 0.25) is 5.82 Å². The number of nitrogens with zero attached hydrogens (tertiary/aromatic N) is 4. The molecule has 0 saturated carbocycles. The van der Waals surface area contributed by atoms with Crippen molar-refractivity contribution in [2.45, 2.75) is 20.3 Å². The Balaban J connectivity index is 2.15. The maximum Gasteiger partial charge on any atom is 0.204 e. The van der Waals surface area contributed by atoms with E-state index in [1.54, 1.807) is 0 Å². The van der Waals surface area contributed by atoms with Crippen LogP contribution in [0.25, 0.3) is 22.3 Å². The van der Waals surface area contributed by atoms with E-state index >= 15 is 0 Å². The second kappa shape index (κ2) is 4.76. The van der Waals surface area contributed by atoms with Crippen molar-refractivity contribution < 1.29 is 0 Å². The minimum absolute atomic E-state index is 0.611. The summed E-state index contributed by atoms with van der Waals surface area (Å²) in [6.07, 6.45) is 2.91. The number of tetrazole rings is 1. The van der Waals surface area contributed by atoms with Crippen molar-refractivity contribution in [2.75, 3.05) is 0 Å². The number of benzene rings is 1. The van der Waals surface area contributed by atoms with Gasteiger partial charge in [-0.3, -0.25) is 4.98 Å². The van der Waals surface area contributed by atoms with Gasteiger partial charge in [-0.1, -0.05) is 13.8 Å². The summed E-state index contributed by atoms with van der Waals surface area (Å²) in [5.74, 6) is 1.22. The lowest BCUT2D eigenvalue weighted by Crippen LogP contribution is -1.96. The Morgan fingerprint density at radius 1 is 1.21 bits per heavy atom. The number of pyridine rings is 1. The fraction of sp³-hybridized carbons (Fsp3) is 0.286. The number of nitrogens with one attached hydrogen (secondary N) is 1. The minimum Gasteiger partial charge on any atom is -0.256 e. The fourth-order valence-corrected chi connectivity index (χ4v) is 2.24. The molecule has 2 aromatic heterocycles. The molecule has 2 heterocycles. The Bertz CT molecular complexity index is 688. The first-order valence-corrected chi connectivity index (χ1v) is 6.35. The Morgan fingerprint density at radius 2 is 2.11 bits per heavy atom. The lowest BCUT2D eigenvalue weighted by atomic mass is 9.98. The van der Waals surface area contributed by atoms with Crippen molar-refractivity contribution in [3.63, 3.8) is 0 Å². The lowest BCUT2D eigenvalue weighted by Gasteiger charge is -2.09. The zero-order valence-corrected chi connectivity index (χ0v) is 11.0. The smallest absolute Gasteiger partial charge is 0.204 e. The number of aromatic amines is 1. The van der Waals surface area contributed by atoms with Crippen LogP contribution in [0.5, 0.6) is 0 Å². The highest BCUT2D eigenvalue weighted by Gasteiger charge is 2.08. The molecule has 0 bridgehead atoms. The molecule has 5 nitrogen and oxygen atoms in total. The third kappa shape index (κ3) is 2.31. The normalized spacial score (nSPS) is 11.3. The van der Waals surface area contributed by atoms with Gasteiger partial charge in [-0.05, 0) is 47.4 Å². The van der Waals surface area contributed by atoms with Gasteiger partial charge in [0.1, 0.15) is 0 Å². The highest BCUT2D eigenvalue weighted by atomic mass is 15.5. The van der Waals surface area contributed by atoms with Gasteiger partial charge >= 0.3 is 0 Å². The zero-order chi connectivity index (χ0) is 13.2. The monoisotopic (exact) mass is 253 g/mol. The molecule has 0 saturated heterocycles. The van der Waals surface area contributed by atoms with Crippen LogP contribution in [0.4, 0.5) is 0 Å². The van der Waals surface area contributed by atoms with Crippen LogP contribution in [0.1, 0.15) is 19.4 Å². The van der Waals surface area contributed by atoms with Crippen molar-refractivity contribution in [3.8, 4) is 11.4 Å². The van der Waals surface area contributed by atoms with Crippen LogP contribution in [0.3, 0.4) is 0 Å². The maximum atomic E-state index is 4.41. The topological polar surface area (TPSA) is 67.3 Å². The Kier molecular flexibility index (Phi) is 2.95. The van der Waals surface area contributed by atoms with Gasteiger partial charge in [0.25, 0.3) is 0 Å². The van der Waals surface area contributed by atoms with Crippen LogP contribution in [0, 0.1) is 5.92 Å². The first-order valence-electron chi connectivity index (χ1n) is 6.35. The van der Waals surface area contributed by atoms with Gasteiger partial charge in [-0.25, -0.2) is 0 Å². The molecule has 0 spiro atoms. The van der Waals surface area contributed by atoms with E-state index < -0.39 is 0 Å². The molecule has 0 aliphatic heterocycles. The molecule has 0 unspecified atom stereocenters. The van der Waals surface area contributed by atoms with Gasteiger partial charge in [-0.15, -0.1) is 10.2 Å². The van der Waals surface area contributed by atoms with Crippen LogP contribution in [0.15, 0.2) is 30.5 Å². The molecule has 3 rings (SSSR count). The third-order valence-corrected chi connectivity index (χ3v) is 3.06. The Hall–Kier alpha value is -2.30. The van der Waals surface area contributed by atoms with E-state index in [1.807, 2.05) is 18.3 Å². The highest BCUT2D eigenvalue weighted by molar-refractivity contribution is 5.86. The van der Waals surface area contributed by atoms with Gasteiger partial charge < -0.3 is 0 Å². The molecule has 19 heavy (non-hydrogen) atoms. The number of aromatic nitrogens is 5. The number of hydrogen-bond donors (Lipinski definition) is 1. The summed E-state index contributed by atoms with van der Waals surface area (Å²) < 4.78 is 0. The second-order valence-electron chi connectivity index (χ2n) is 5.04. The molecule has 0 atom stereocenters. The summed E-state index contributed by atoms with van der Waals surface area (Å²) in [5.41, 5.74) is 3.27. The summed E-state index contributed by atoms with van der Waals surface area (Å²) in [6, 6.07) is 8.15. The Morgan fingerprint density at radius 3 is 2.84 bits per heavy atom. The van der Waals surface area contributed by atoms with Gasteiger partial charge in [0, 0.05) is 17.1 Å². The lowest BCUT2D eigenvalue weighted by molar-refractivity contribution is 0.650. The van der Waals surface area contributed by atoms with Crippen LogP contribution in [0.2, 0.25) is 0 Å². The molecule has 1 aromatic carbocycles. The van der Waals surface area contributed by atoms with Gasteiger partial charge in [0.15, 0.2) is 0 Å². The van der Waals surface area contributed by atoms with E-state index in [-0.39, 0.29) is 0 Å². The number of fused-ring (bicyclic) bond motifs is 1. The Labute approximate surface area is 111 Å². The van der Waals surface area contributed by atoms with E-state index in [0.717, 1.165) is 17.5 Å². The van der Waals surface area contributed by atoms with E-state index in [0.29, 0.717) is 11.7 Å². The quantitative estimate of drug-likeness (QED) is 0.779. The molecule has 5 heteroatoms. The standard InChI is InChI=1S/C14H15N5/c1-9(2)7-10-5-6-15-13-4-3-11(8-12(10)13)14-16-18-19-17-14/h3-6,8-9H,7H2,1-2H3,(H,16,17,18,19). The molecule has 0 radical (unpaired) electrons. The minimum atomic E-state index is 0.611. The SMILES string of the molecule is CC(C)Cc1ccnc2ccc(-c3nn[nH]n3)cc12. The van der Waals surface area contributed by atoms with Crippen LogP contribution in [-0.2, 0) is 6.42 Å². The molecule has 1 N–H and O–H groups in total. The van der Waals surface area contributed by atoms with Gasteiger partial charge in [-0.2, -0.15) is 5.21 Å². The molecule has 96 valence electrons. The predicted molar refractivity (Wildman–Crippen MR) is 73.5 cm³/mol. The van der Waals surface area contributed by atoms with Crippen molar-refractivity contribution in [1.29, 1.82) is 0 Å². The summed E-state index contributed by atoms with van der Waals surface area (Å²) in [7, 11) is 0. The molecule has 0 aliphatic rings. The maximum absolute atomic E-state index is 4.41. The predicted octanol–water partition coefficient (Wildman–Crippen LogP) is 2.61. The average Bonchev–Trinajstić information content (AvgIpc) is 2.92. The summed E-state index contributed by atoms with van der Waals surface area (Å²) in [6.45, 7) is 4.44. The van der Waals surface area contributed by atoms with E-state index in [4.69, 9.17) is 0 Å². The third-order valence-electron chi connectivity index (χ3n) is 3.06. The zero-order valence-electron chi connectivity index (χ0n) is 11.0. The van der Waals surface area contributed by atoms with Crippen LogP contribution in [-0.4, -0.2) is 25.6 Å². The first-order chi connectivity index (χ1) is 9.24. The molecule has 0 aliphatic carbocycles. The van der Waals surface area contributed by atoms with E-state index in [2.05, 4.69) is 51.6 Å². The van der Waals surface area contributed by atoms with Crippen molar-refractivity contribution in [3.05, 3.63) is 36.0 Å². The van der Waals surface area contributed by atoms with Crippen LogP contribution < -0.4 is 0 Å². The summed E-state index contributed by atoms with van der Waals surface area (Å²) >= 11 is 0. The largest absolute Gasteiger partial charge is 0.256 e. The number of rotatable bonds is 3. The summed E-state index contributed by atoms with van der Waals surface area (Å²) in [5, 5.41) is 15.3. The highest BCUT2D eigenvalue weighted by Crippen LogP contribution is 2.24. The van der Waals surface area contributed by atoms with Crippen molar-refractivity contribution in [1.82, 2.24) is 25.6 Å². The van der Waals surface area contributed by atoms with Gasteiger partial charge in [0.05, 0.1) is 5.52 Å². The number of H-pyrrole nitrogens is 1. The second-order valence-corrected chi connectivity index (χ2v) is 5.04. The van der Waals surface area contributed by atoms with E-state index in [1.165, 1.54) is 10.9 Å². The molecular weight excluding hydrogens is 238 g/mol. The van der Waals surface area contributed by atoms with Crippen molar-refractivity contribution in [2.24, 2.45) is 5.92 Å². The van der Waals surface area contributed by atoms with Crippen molar-refractivity contribution >= 4 is 10.9 Å². The van der Waals surface area contributed by atoms with Crippen LogP contribution >= 0.6 is 0 Å². The molecule has 0 fully saturated rings. The summed E-state index contributed by atoms with van der Waals surface area (Å²) in [4.78, 5) is 4.41. The molecule has 0 amide bonds. The average molecular weight is 253 g/mol. The van der Waals surface area contributed by atoms with E-state index in [9.17, 15) is 0 Å². The fourth-order valence-electron chi connectivity index (χ4n) is 2.24. The number of hydrogen-bond acceptors (Lipinski definition) is 4. The first kappa shape index (κ1) is 11.8. The molecular formula is C14H15N5. The molecule has 3 aromatic rings.